The van der Waals surface area contributed by atoms with Crippen LogP contribution in [-0.4, -0.2) is 18.2 Å². The first kappa shape index (κ1) is 9.74. The predicted molar refractivity (Wildman–Crippen MR) is 54.1 cm³/mol. The molecular weight excluding hydrogens is 178 g/mol. The van der Waals surface area contributed by atoms with E-state index in [0.717, 1.165) is 5.76 Å². The predicted octanol–water partition coefficient (Wildman–Crippen LogP) is 2.11. The minimum Gasteiger partial charge on any atom is -0.467 e. The Morgan fingerprint density at radius 1 is 1.21 bits per heavy atom. The zero-order chi connectivity index (χ0) is 10.1. The number of furan rings is 1. The fourth-order valence-electron chi connectivity index (χ4n) is 1.87. The lowest BCUT2D eigenvalue weighted by Crippen LogP contribution is -2.51. The van der Waals surface area contributed by atoms with E-state index in [1.165, 1.54) is 0 Å². The third-order valence-corrected chi connectivity index (χ3v) is 2.87. The van der Waals surface area contributed by atoms with Gasteiger partial charge in [0.25, 0.3) is 0 Å². The van der Waals surface area contributed by atoms with Gasteiger partial charge in [0.2, 0.25) is 0 Å². The molecule has 1 fully saturated rings. The maximum atomic E-state index is 5.90. The third kappa shape index (κ3) is 1.70. The smallest absolute Gasteiger partial charge is 0.134 e. The van der Waals surface area contributed by atoms with Crippen LogP contribution in [-0.2, 0) is 4.74 Å². The highest BCUT2D eigenvalue weighted by Crippen LogP contribution is 2.28. The fraction of sp³-hybridized carbons (Fsp3) is 0.636. The molecule has 1 aromatic heterocycles. The molecule has 1 aliphatic rings. The first-order valence-electron chi connectivity index (χ1n) is 5.13. The molecule has 3 heteroatoms. The number of nitrogens with one attached hydrogen (secondary N) is 1. The van der Waals surface area contributed by atoms with Crippen molar-refractivity contribution in [3.63, 3.8) is 0 Å². The molecule has 1 N–H and O–H groups in total. The normalized spacial score (nSPS) is 38.5. The highest BCUT2D eigenvalue weighted by atomic mass is 16.5. The van der Waals surface area contributed by atoms with Gasteiger partial charge in [-0.15, -0.1) is 0 Å². The molecule has 1 saturated heterocycles. The molecule has 0 radical (unpaired) electrons. The van der Waals surface area contributed by atoms with E-state index in [1.54, 1.807) is 6.26 Å². The second kappa shape index (κ2) is 3.75. The maximum Gasteiger partial charge on any atom is 0.134 e. The Morgan fingerprint density at radius 3 is 2.64 bits per heavy atom. The standard InChI is InChI=1S/C11H17NO2/c1-7-9(3)14-11(8(2)12-7)10-5-4-6-13-10/h4-9,11-12H,1-3H3. The number of hydrogen-bond donors (Lipinski definition) is 1. The zero-order valence-corrected chi connectivity index (χ0v) is 8.86. The van der Waals surface area contributed by atoms with Crippen molar-refractivity contribution in [1.82, 2.24) is 5.32 Å². The maximum absolute atomic E-state index is 5.90. The number of hydrogen-bond acceptors (Lipinski definition) is 3. The molecule has 3 nitrogen and oxygen atoms in total. The summed E-state index contributed by atoms with van der Waals surface area (Å²) in [6.07, 6.45) is 1.95. The summed E-state index contributed by atoms with van der Waals surface area (Å²) >= 11 is 0. The molecule has 0 amide bonds. The quantitative estimate of drug-likeness (QED) is 0.745. The van der Waals surface area contributed by atoms with Gasteiger partial charge in [-0.2, -0.15) is 0 Å². The molecule has 0 saturated carbocycles. The van der Waals surface area contributed by atoms with Gasteiger partial charge in [0.15, 0.2) is 0 Å². The van der Waals surface area contributed by atoms with Gasteiger partial charge in [-0.25, -0.2) is 0 Å². The molecule has 2 rings (SSSR count). The molecule has 14 heavy (non-hydrogen) atoms. The molecular formula is C11H17NO2. The van der Waals surface area contributed by atoms with Crippen molar-refractivity contribution < 1.29 is 9.15 Å². The summed E-state index contributed by atoms with van der Waals surface area (Å²) in [6, 6.07) is 4.56. The van der Waals surface area contributed by atoms with Gasteiger partial charge in [-0.3, -0.25) is 0 Å². The Labute approximate surface area is 84.4 Å². The van der Waals surface area contributed by atoms with E-state index >= 15 is 0 Å². The lowest BCUT2D eigenvalue weighted by Gasteiger charge is -2.37. The van der Waals surface area contributed by atoms with E-state index in [2.05, 4.69) is 26.1 Å². The molecule has 0 aliphatic carbocycles. The summed E-state index contributed by atoms with van der Waals surface area (Å²) in [5, 5.41) is 3.48. The van der Waals surface area contributed by atoms with Crippen LogP contribution in [0.25, 0.3) is 0 Å². The Hall–Kier alpha value is -0.800. The summed E-state index contributed by atoms with van der Waals surface area (Å²) in [7, 11) is 0. The van der Waals surface area contributed by atoms with Crippen molar-refractivity contribution in [2.24, 2.45) is 0 Å². The van der Waals surface area contributed by atoms with Crippen molar-refractivity contribution in [2.75, 3.05) is 0 Å². The topological polar surface area (TPSA) is 34.4 Å². The van der Waals surface area contributed by atoms with Crippen LogP contribution in [0.5, 0.6) is 0 Å². The lowest BCUT2D eigenvalue weighted by molar-refractivity contribution is -0.0825. The van der Waals surface area contributed by atoms with Crippen LogP contribution in [0.3, 0.4) is 0 Å². The van der Waals surface area contributed by atoms with E-state index in [1.807, 2.05) is 12.1 Å². The summed E-state index contributed by atoms with van der Waals surface area (Å²) in [5.41, 5.74) is 0. The average Bonchev–Trinajstić information content (AvgIpc) is 2.64. The second-order valence-electron chi connectivity index (χ2n) is 4.02. The SMILES string of the molecule is CC1NC(C)C(c2ccco2)OC1C. The van der Waals surface area contributed by atoms with Gasteiger partial charge in [0.05, 0.1) is 12.4 Å². The minimum atomic E-state index is 0.0381. The van der Waals surface area contributed by atoms with E-state index in [-0.39, 0.29) is 12.2 Å². The van der Waals surface area contributed by atoms with Gasteiger partial charge in [0, 0.05) is 12.1 Å². The Kier molecular flexibility index (Phi) is 2.61. The highest BCUT2D eigenvalue weighted by molar-refractivity contribution is 5.06. The van der Waals surface area contributed by atoms with E-state index in [9.17, 15) is 0 Å². The van der Waals surface area contributed by atoms with E-state index < -0.39 is 0 Å². The molecule has 4 atom stereocenters. The third-order valence-electron chi connectivity index (χ3n) is 2.87. The van der Waals surface area contributed by atoms with Crippen LogP contribution in [0.2, 0.25) is 0 Å². The number of ether oxygens (including phenoxy) is 1. The Balaban J connectivity index is 2.13. The molecule has 2 heterocycles. The van der Waals surface area contributed by atoms with Gasteiger partial charge >= 0.3 is 0 Å². The molecule has 78 valence electrons. The van der Waals surface area contributed by atoms with Crippen LogP contribution in [0.15, 0.2) is 22.8 Å². The second-order valence-corrected chi connectivity index (χ2v) is 4.02. The van der Waals surface area contributed by atoms with Crippen molar-refractivity contribution >= 4 is 0 Å². The van der Waals surface area contributed by atoms with Gasteiger partial charge in [0.1, 0.15) is 11.9 Å². The average molecular weight is 195 g/mol. The van der Waals surface area contributed by atoms with Crippen molar-refractivity contribution in [3.8, 4) is 0 Å². The van der Waals surface area contributed by atoms with Crippen molar-refractivity contribution in [2.45, 2.75) is 45.1 Å². The summed E-state index contributed by atoms with van der Waals surface area (Å²) in [5.74, 6) is 0.906. The minimum absolute atomic E-state index is 0.0381. The highest BCUT2D eigenvalue weighted by Gasteiger charge is 2.32. The molecule has 1 aromatic rings. The van der Waals surface area contributed by atoms with Crippen LogP contribution in [0.4, 0.5) is 0 Å². The first-order valence-corrected chi connectivity index (χ1v) is 5.13. The fourth-order valence-corrected chi connectivity index (χ4v) is 1.87. The number of rotatable bonds is 1. The lowest BCUT2D eigenvalue weighted by atomic mass is 10.0. The summed E-state index contributed by atoms with van der Waals surface area (Å²) in [6.45, 7) is 6.34. The zero-order valence-electron chi connectivity index (χ0n) is 8.86. The van der Waals surface area contributed by atoms with E-state index in [4.69, 9.17) is 9.15 Å². The van der Waals surface area contributed by atoms with Crippen LogP contribution in [0.1, 0.15) is 32.6 Å². The van der Waals surface area contributed by atoms with Gasteiger partial charge < -0.3 is 14.5 Å². The Morgan fingerprint density at radius 2 is 2.00 bits per heavy atom. The monoisotopic (exact) mass is 195 g/mol. The van der Waals surface area contributed by atoms with Gasteiger partial charge in [-0.05, 0) is 32.9 Å². The van der Waals surface area contributed by atoms with Gasteiger partial charge in [-0.1, -0.05) is 0 Å². The van der Waals surface area contributed by atoms with E-state index in [0.29, 0.717) is 12.1 Å². The summed E-state index contributed by atoms with van der Waals surface area (Å²) in [4.78, 5) is 0. The number of morpholine rings is 1. The molecule has 0 aromatic carbocycles. The largest absolute Gasteiger partial charge is 0.467 e. The molecule has 0 bridgehead atoms. The van der Waals surface area contributed by atoms with Crippen molar-refractivity contribution in [1.29, 1.82) is 0 Å². The van der Waals surface area contributed by atoms with Crippen LogP contribution < -0.4 is 5.32 Å². The molecule has 4 unspecified atom stereocenters. The Bertz CT molecular complexity index is 283. The molecule has 1 aliphatic heterocycles. The molecule has 0 spiro atoms. The first-order chi connectivity index (χ1) is 6.68. The summed E-state index contributed by atoms with van der Waals surface area (Å²) < 4.78 is 11.3. The van der Waals surface area contributed by atoms with Crippen molar-refractivity contribution in [3.05, 3.63) is 24.2 Å². The van der Waals surface area contributed by atoms with Crippen LogP contribution >= 0.6 is 0 Å². The van der Waals surface area contributed by atoms with Crippen LogP contribution in [0, 0.1) is 0 Å².